The lowest BCUT2D eigenvalue weighted by Gasteiger charge is -2.50. The van der Waals surface area contributed by atoms with Crippen LogP contribution in [0.4, 0.5) is 0 Å². The molecule has 3 fully saturated rings. The van der Waals surface area contributed by atoms with Crippen molar-refractivity contribution < 1.29 is 119 Å². The number of hydrogen-bond donors (Lipinski definition) is 1. The van der Waals surface area contributed by atoms with E-state index in [2.05, 4.69) is 0 Å². The molecule has 3 aliphatic rings. The molecule has 15 atom stereocenters. The first kappa shape index (κ1) is 74.6. The molecular formula is C82H70O25. The highest BCUT2D eigenvalue weighted by molar-refractivity contribution is 5.93. The average molecular weight is 1460 g/mol. The minimum absolute atomic E-state index is 0.00987. The third-order valence-corrected chi connectivity index (χ3v) is 17.3. The molecule has 0 unspecified atom stereocenters. The molecular weight excluding hydrogens is 1380 g/mol. The average Bonchev–Trinajstić information content (AvgIpc) is 0.757. The topological polar surface area (TPSA) is 312 Å². The van der Waals surface area contributed by atoms with Gasteiger partial charge in [0.2, 0.25) is 0 Å². The Balaban J connectivity index is 1.04. The van der Waals surface area contributed by atoms with Crippen LogP contribution in [0.3, 0.4) is 0 Å². The van der Waals surface area contributed by atoms with E-state index in [1.165, 1.54) is 153 Å². The lowest BCUT2D eigenvalue weighted by atomic mass is 9.94. The van der Waals surface area contributed by atoms with Crippen LogP contribution in [-0.4, -0.2) is 178 Å². The third-order valence-electron chi connectivity index (χ3n) is 17.3. The summed E-state index contributed by atoms with van der Waals surface area (Å²) in [5, 5.41) is 13.1. The molecule has 25 heteroatoms. The van der Waals surface area contributed by atoms with Gasteiger partial charge in [-0.15, -0.1) is 0 Å². The van der Waals surface area contributed by atoms with E-state index >= 15 is 9.59 Å². The van der Waals surface area contributed by atoms with Crippen LogP contribution in [-0.2, 0) is 71.1 Å². The monoisotopic (exact) mass is 1450 g/mol. The third kappa shape index (κ3) is 18.9. The first-order chi connectivity index (χ1) is 52.2. The molecule has 1 N–H and O–H groups in total. The number of rotatable bonds is 26. The molecule has 25 nitrogen and oxygen atoms in total. The summed E-state index contributed by atoms with van der Waals surface area (Å²) < 4.78 is 96.5. The van der Waals surface area contributed by atoms with Crippen LogP contribution in [0.1, 0.15) is 93.2 Å². The van der Waals surface area contributed by atoms with Crippen molar-refractivity contribution in [1.82, 2.24) is 0 Å². The normalized spacial score (nSPS) is 23.8. The van der Waals surface area contributed by atoms with Crippen molar-refractivity contribution in [3.05, 3.63) is 323 Å². The van der Waals surface area contributed by atoms with Gasteiger partial charge in [0.15, 0.2) is 55.5 Å². The Morgan fingerprint density at radius 2 is 0.449 bits per heavy atom. The summed E-state index contributed by atoms with van der Waals surface area (Å²) in [5.41, 5.74) is -0.134. The van der Waals surface area contributed by atoms with E-state index in [4.69, 9.17) is 71.1 Å². The van der Waals surface area contributed by atoms with Gasteiger partial charge in [-0.1, -0.05) is 164 Å². The molecule has 12 rings (SSSR count). The summed E-state index contributed by atoms with van der Waals surface area (Å²) in [6.45, 7) is -2.50. The van der Waals surface area contributed by atoms with E-state index in [-0.39, 0.29) is 50.1 Å². The van der Waals surface area contributed by atoms with E-state index < -0.39 is 166 Å². The predicted octanol–water partition coefficient (Wildman–Crippen LogP) is 9.86. The SMILES string of the molecule is CO[C@H]1O[C@H](COC(=O)c2ccccc2)[C@@H](OC(=O)c2ccccc2)[C@H](O[C@@H]2O[C@H](COC(=O)c3ccccc3)[C@@H](OC(=O)c3ccccc3)[C@H](O[C@@H]3O[C@H](COC(=O)c4ccccc4)[C@@H](OC(=O)c4ccccc4)[C@H](O)[C@@H]3OC(=O)c3ccccc3)[C@@H]2OC(=O)c2ccccc2)[C@@H]1OC(=O)c1ccccc1. The summed E-state index contributed by atoms with van der Waals surface area (Å²) in [6, 6.07) is 68.5. The molecule has 9 aromatic carbocycles. The van der Waals surface area contributed by atoms with Crippen LogP contribution in [0.2, 0.25) is 0 Å². The maximum atomic E-state index is 15.3. The van der Waals surface area contributed by atoms with Crippen LogP contribution in [0.25, 0.3) is 0 Å². The summed E-state index contributed by atoms with van der Waals surface area (Å²) >= 11 is 0. The van der Waals surface area contributed by atoms with Gasteiger partial charge in [-0.25, -0.2) is 43.2 Å². The molecule has 0 aromatic heterocycles. The molecule has 0 aliphatic carbocycles. The fourth-order valence-corrected chi connectivity index (χ4v) is 11.9. The number of aliphatic hydroxyl groups excluding tert-OH is 1. The first-order valence-corrected chi connectivity index (χ1v) is 33.9. The molecule has 0 radical (unpaired) electrons. The zero-order valence-corrected chi connectivity index (χ0v) is 57.0. The molecule has 9 aromatic rings. The number of carbonyl (C=O) groups excluding carboxylic acids is 9. The van der Waals surface area contributed by atoms with Crippen molar-refractivity contribution >= 4 is 53.7 Å². The first-order valence-electron chi connectivity index (χ1n) is 33.9. The molecule has 0 spiro atoms. The maximum Gasteiger partial charge on any atom is 0.338 e. The highest BCUT2D eigenvalue weighted by Gasteiger charge is 2.60. The molecule has 3 heterocycles. The van der Waals surface area contributed by atoms with Crippen LogP contribution in [0, 0.1) is 0 Å². The summed E-state index contributed by atoms with van der Waals surface area (Å²) in [7, 11) is 1.19. The molecule has 0 saturated carbocycles. The van der Waals surface area contributed by atoms with Crippen molar-refractivity contribution in [2.45, 2.75) is 92.1 Å². The fraction of sp³-hybridized carbons (Fsp3) is 0.232. The van der Waals surface area contributed by atoms with Gasteiger partial charge in [0.05, 0.1) is 50.1 Å². The van der Waals surface area contributed by atoms with Crippen molar-refractivity contribution in [3.63, 3.8) is 0 Å². The lowest BCUT2D eigenvalue weighted by molar-refractivity contribution is -0.377. The van der Waals surface area contributed by atoms with E-state index in [0.29, 0.717) is 0 Å². The van der Waals surface area contributed by atoms with Gasteiger partial charge in [-0.05, 0) is 109 Å². The van der Waals surface area contributed by atoms with Gasteiger partial charge >= 0.3 is 53.7 Å². The Kier molecular flexibility index (Phi) is 25.2. The fourth-order valence-electron chi connectivity index (χ4n) is 11.9. The number of aliphatic hydroxyl groups is 1. The second kappa shape index (κ2) is 36.1. The summed E-state index contributed by atoms with van der Waals surface area (Å²) in [6.07, 6.45) is -30.4. The zero-order valence-electron chi connectivity index (χ0n) is 57.0. The van der Waals surface area contributed by atoms with E-state index in [1.54, 1.807) is 127 Å². The van der Waals surface area contributed by atoms with Gasteiger partial charge in [-0.2, -0.15) is 0 Å². The number of hydrogen-bond acceptors (Lipinski definition) is 25. The molecule has 107 heavy (non-hydrogen) atoms. The van der Waals surface area contributed by atoms with Crippen LogP contribution in [0.15, 0.2) is 273 Å². The lowest BCUT2D eigenvalue weighted by Crippen LogP contribution is -2.69. The molecule has 0 amide bonds. The maximum absolute atomic E-state index is 15.3. The second-order valence-corrected chi connectivity index (χ2v) is 24.4. The molecule has 0 bridgehead atoms. The van der Waals surface area contributed by atoms with Gasteiger partial charge in [0, 0.05) is 7.11 Å². The summed E-state index contributed by atoms with van der Waals surface area (Å²) in [4.78, 5) is 131. The van der Waals surface area contributed by atoms with Gasteiger partial charge in [0.25, 0.3) is 0 Å². The Morgan fingerprint density at radius 1 is 0.252 bits per heavy atom. The Hall–Kier alpha value is -12.1. The van der Waals surface area contributed by atoms with Gasteiger partial charge in [-0.3, -0.25) is 0 Å². The van der Waals surface area contributed by atoms with Gasteiger partial charge in [0.1, 0.15) is 56.4 Å². The zero-order chi connectivity index (χ0) is 74.6. The van der Waals surface area contributed by atoms with E-state index in [1.807, 2.05) is 0 Å². The van der Waals surface area contributed by atoms with Crippen molar-refractivity contribution in [2.75, 3.05) is 26.9 Å². The second-order valence-electron chi connectivity index (χ2n) is 24.4. The smallest absolute Gasteiger partial charge is 0.338 e. The van der Waals surface area contributed by atoms with Crippen molar-refractivity contribution in [2.24, 2.45) is 0 Å². The van der Waals surface area contributed by atoms with Crippen LogP contribution in [0.5, 0.6) is 0 Å². The number of methoxy groups -OCH3 is 1. The van der Waals surface area contributed by atoms with E-state index in [0.717, 1.165) is 0 Å². The minimum atomic E-state index is -2.30. The molecule has 3 aliphatic heterocycles. The predicted molar refractivity (Wildman–Crippen MR) is 373 cm³/mol. The van der Waals surface area contributed by atoms with Gasteiger partial charge < -0.3 is 76.2 Å². The quantitative estimate of drug-likeness (QED) is 0.0389. The minimum Gasteiger partial charge on any atom is -0.459 e. The van der Waals surface area contributed by atoms with Crippen LogP contribution >= 0.6 is 0 Å². The highest BCUT2D eigenvalue weighted by Crippen LogP contribution is 2.40. The molecule has 3 saturated heterocycles. The Morgan fingerprint density at radius 3 is 0.710 bits per heavy atom. The number of ether oxygens (including phenoxy) is 15. The number of esters is 9. The van der Waals surface area contributed by atoms with Crippen molar-refractivity contribution in [3.8, 4) is 0 Å². The Labute approximate surface area is 612 Å². The summed E-state index contributed by atoms with van der Waals surface area (Å²) in [5.74, 6) is -9.18. The molecule has 548 valence electrons. The number of benzene rings is 9. The standard InChI is InChI=1S/C82H70O25/c1-93-80-69(104-78(91)57-43-25-9-26-44-57)67(64(101-75(88)54-37-19-6-20-38-54)60(97-80)48-95-72(85)51-31-13-3-14-32-51)107-82-70(105-79(92)58-45-27-10-28-46-58)68(65(102-76(89)55-39-21-7-22-40-55)61(99-82)49-96-73(86)52-33-15-4-16-34-52)106-81-66(103-77(90)56-41-23-8-24-42-56)62(83)63(100-74(87)53-35-17-5-18-36-53)59(98-81)47-94-71(84)50-29-11-2-12-30-50/h2-46,59-70,80-83H,47-49H2,1H3/t59-,60-,61-,62+,63-,64-,65-,66+,67+,68+,69+,70+,80+,81+,82+/m1/s1. The number of carbonyl (C=O) groups is 9. The largest absolute Gasteiger partial charge is 0.459 e. The van der Waals surface area contributed by atoms with Crippen molar-refractivity contribution in [1.29, 1.82) is 0 Å². The van der Waals surface area contributed by atoms with Crippen LogP contribution < -0.4 is 0 Å². The highest BCUT2D eigenvalue weighted by atomic mass is 16.8. The Bertz CT molecular complexity index is 4450. The van der Waals surface area contributed by atoms with E-state index in [9.17, 15) is 38.7 Å².